The Morgan fingerprint density at radius 2 is 2.17 bits per heavy atom. The van der Waals surface area contributed by atoms with E-state index < -0.39 is 0 Å². The van der Waals surface area contributed by atoms with Crippen LogP contribution in [0.1, 0.15) is 34.4 Å². The molecule has 2 aromatic heterocycles. The fourth-order valence-corrected chi connectivity index (χ4v) is 3.41. The average molecular weight is 318 g/mol. The van der Waals surface area contributed by atoms with Crippen molar-refractivity contribution < 1.29 is 18.6 Å². The number of amides is 1. The minimum absolute atomic E-state index is 0.0703. The number of fused-ring (bicyclic) bond motifs is 1. The second-order valence-electron chi connectivity index (χ2n) is 6.26. The summed E-state index contributed by atoms with van der Waals surface area (Å²) >= 11 is 0. The molecule has 2 fully saturated rings. The van der Waals surface area contributed by atoms with Crippen molar-refractivity contribution in [1.82, 2.24) is 20.2 Å². The Labute approximate surface area is 132 Å². The normalized spacial score (nSPS) is 26.7. The molecule has 0 spiro atoms. The first-order valence-corrected chi connectivity index (χ1v) is 7.75. The molecule has 0 N–H and O–H groups in total. The third-order valence-electron chi connectivity index (χ3n) is 4.42. The summed E-state index contributed by atoms with van der Waals surface area (Å²) in [6, 6.07) is 1.66. The highest BCUT2D eigenvalue weighted by Gasteiger charge is 2.44. The molecule has 8 nitrogen and oxygen atoms in total. The number of carbonyl (C=O) groups is 1. The molecule has 0 radical (unpaired) electrons. The largest absolute Gasteiger partial charge is 0.372 e. The molecule has 3 atom stereocenters. The van der Waals surface area contributed by atoms with Gasteiger partial charge in [-0.15, -0.1) is 0 Å². The molecule has 2 aliphatic heterocycles. The summed E-state index contributed by atoms with van der Waals surface area (Å²) in [6.07, 6.45) is 1.68. The van der Waals surface area contributed by atoms with Crippen LogP contribution in [0.25, 0.3) is 0 Å². The Morgan fingerprint density at radius 3 is 2.83 bits per heavy atom. The monoisotopic (exact) mass is 318 g/mol. The summed E-state index contributed by atoms with van der Waals surface area (Å²) < 4.78 is 16.2. The van der Waals surface area contributed by atoms with E-state index in [4.69, 9.17) is 13.8 Å². The number of nitrogens with zero attached hydrogens (tertiary/aromatic N) is 4. The number of hydrogen-bond acceptors (Lipinski definition) is 7. The molecule has 0 unspecified atom stereocenters. The fraction of sp³-hybridized carbons (Fsp3) is 0.600. The van der Waals surface area contributed by atoms with E-state index >= 15 is 0 Å². The zero-order chi connectivity index (χ0) is 16.0. The van der Waals surface area contributed by atoms with E-state index in [0.29, 0.717) is 48.6 Å². The maximum absolute atomic E-state index is 12.4. The first-order valence-electron chi connectivity index (χ1n) is 7.75. The van der Waals surface area contributed by atoms with E-state index in [1.165, 1.54) is 0 Å². The Bertz CT molecular complexity index is 711. The second kappa shape index (κ2) is 5.45. The van der Waals surface area contributed by atoms with Crippen LogP contribution in [0, 0.1) is 19.8 Å². The maximum atomic E-state index is 12.4. The van der Waals surface area contributed by atoms with Gasteiger partial charge in [0, 0.05) is 25.1 Å². The van der Waals surface area contributed by atoms with Crippen LogP contribution < -0.4 is 0 Å². The van der Waals surface area contributed by atoms with Crippen molar-refractivity contribution in [2.45, 2.75) is 38.9 Å². The van der Waals surface area contributed by atoms with Crippen molar-refractivity contribution in [3.8, 4) is 0 Å². The maximum Gasteiger partial charge on any atom is 0.276 e. The van der Waals surface area contributed by atoms with Gasteiger partial charge in [0.1, 0.15) is 5.76 Å². The van der Waals surface area contributed by atoms with Crippen molar-refractivity contribution in [2.75, 3.05) is 13.1 Å². The van der Waals surface area contributed by atoms with E-state index in [1.54, 1.807) is 24.8 Å². The van der Waals surface area contributed by atoms with Gasteiger partial charge in [-0.2, -0.15) is 4.98 Å². The average Bonchev–Trinajstić information content (AvgIpc) is 3.23. The van der Waals surface area contributed by atoms with Gasteiger partial charge in [-0.1, -0.05) is 10.3 Å². The highest BCUT2D eigenvalue weighted by molar-refractivity contribution is 5.92. The van der Waals surface area contributed by atoms with Gasteiger partial charge in [0.25, 0.3) is 5.91 Å². The summed E-state index contributed by atoms with van der Waals surface area (Å²) in [5.74, 6) is 2.14. The quantitative estimate of drug-likeness (QED) is 0.837. The molecule has 23 heavy (non-hydrogen) atoms. The molecule has 0 aromatic carbocycles. The molecule has 2 saturated heterocycles. The van der Waals surface area contributed by atoms with Crippen LogP contribution in [-0.2, 0) is 11.2 Å². The molecule has 0 aliphatic carbocycles. The molecule has 0 bridgehead atoms. The lowest BCUT2D eigenvalue weighted by molar-refractivity contribution is 0.0328. The number of hydrogen-bond donors (Lipinski definition) is 0. The Balaban J connectivity index is 1.35. The second-order valence-corrected chi connectivity index (χ2v) is 6.26. The number of aryl methyl sites for hydroxylation is 2. The third kappa shape index (κ3) is 2.74. The van der Waals surface area contributed by atoms with Crippen LogP contribution in [0.4, 0.5) is 0 Å². The van der Waals surface area contributed by atoms with E-state index in [2.05, 4.69) is 15.3 Å². The van der Waals surface area contributed by atoms with Crippen LogP contribution in [-0.4, -0.2) is 51.4 Å². The van der Waals surface area contributed by atoms with Gasteiger partial charge in [-0.3, -0.25) is 4.79 Å². The lowest BCUT2D eigenvalue weighted by atomic mass is 10.0. The highest BCUT2D eigenvalue weighted by atomic mass is 16.5. The SMILES string of the molecule is Cc1noc(C[C@@H]2C[C@H]3CN(C(=O)c4cc(C)on4)C[C@H]3O2)n1. The first kappa shape index (κ1) is 14.4. The lowest BCUT2D eigenvalue weighted by Crippen LogP contribution is -2.31. The number of ether oxygens (including phenoxy) is 1. The summed E-state index contributed by atoms with van der Waals surface area (Å²) in [5.41, 5.74) is 0.361. The van der Waals surface area contributed by atoms with E-state index in [-0.39, 0.29) is 18.1 Å². The molecule has 4 rings (SSSR count). The van der Waals surface area contributed by atoms with Gasteiger partial charge in [0.2, 0.25) is 5.89 Å². The molecule has 2 aliphatic rings. The van der Waals surface area contributed by atoms with Gasteiger partial charge in [0.05, 0.1) is 18.6 Å². The van der Waals surface area contributed by atoms with Crippen LogP contribution in [0.3, 0.4) is 0 Å². The molecule has 122 valence electrons. The first-order chi connectivity index (χ1) is 11.1. The van der Waals surface area contributed by atoms with Gasteiger partial charge in [-0.05, 0) is 20.3 Å². The van der Waals surface area contributed by atoms with Crippen LogP contribution in [0.2, 0.25) is 0 Å². The number of likely N-dealkylation sites (tertiary alicyclic amines) is 1. The Morgan fingerprint density at radius 1 is 1.30 bits per heavy atom. The van der Waals surface area contributed by atoms with Gasteiger partial charge >= 0.3 is 0 Å². The lowest BCUT2D eigenvalue weighted by Gasteiger charge is -2.17. The summed E-state index contributed by atoms with van der Waals surface area (Å²) in [7, 11) is 0. The van der Waals surface area contributed by atoms with E-state index in [9.17, 15) is 4.79 Å². The highest BCUT2D eigenvalue weighted by Crippen LogP contribution is 2.34. The minimum Gasteiger partial charge on any atom is -0.372 e. The number of aromatic nitrogens is 3. The molecular weight excluding hydrogens is 300 g/mol. The Hall–Kier alpha value is -2.22. The standard InChI is InChI=1S/C15H18N4O4/c1-8-3-12(18-22-8)15(20)19-6-10-4-11(21-13(10)7-19)5-14-16-9(2)17-23-14/h3,10-11,13H,4-7H2,1-2H3/t10-,11-,13+/m0/s1. The van der Waals surface area contributed by atoms with Crippen molar-refractivity contribution in [3.05, 3.63) is 29.2 Å². The summed E-state index contributed by atoms with van der Waals surface area (Å²) in [5, 5.41) is 7.58. The number of rotatable bonds is 3. The van der Waals surface area contributed by atoms with Crippen molar-refractivity contribution in [1.29, 1.82) is 0 Å². The van der Waals surface area contributed by atoms with Gasteiger partial charge in [-0.25, -0.2) is 0 Å². The molecule has 1 amide bonds. The third-order valence-corrected chi connectivity index (χ3v) is 4.42. The van der Waals surface area contributed by atoms with Crippen molar-refractivity contribution >= 4 is 5.91 Å². The molecule has 8 heteroatoms. The van der Waals surface area contributed by atoms with Crippen LogP contribution >= 0.6 is 0 Å². The Kier molecular flexibility index (Phi) is 3.41. The molecule has 2 aromatic rings. The zero-order valence-electron chi connectivity index (χ0n) is 13.1. The zero-order valence-corrected chi connectivity index (χ0v) is 13.1. The summed E-state index contributed by atoms with van der Waals surface area (Å²) in [4.78, 5) is 18.4. The van der Waals surface area contributed by atoms with Gasteiger partial charge in [0.15, 0.2) is 11.5 Å². The van der Waals surface area contributed by atoms with Crippen LogP contribution in [0.5, 0.6) is 0 Å². The summed E-state index contributed by atoms with van der Waals surface area (Å²) in [6.45, 7) is 4.85. The molecular formula is C15H18N4O4. The van der Waals surface area contributed by atoms with Crippen molar-refractivity contribution in [3.63, 3.8) is 0 Å². The topological polar surface area (TPSA) is 94.5 Å². The van der Waals surface area contributed by atoms with E-state index in [0.717, 1.165) is 6.42 Å². The van der Waals surface area contributed by atoms with Gasteiger partial charge < -0.3 is 18.7 Å². The fourth-order valence-electron chi connectivity index (χ4n) is 3.41. The number of carbonyl (C=O) groups excluding carboxylic acids is 1. The molecule has 4 heterocycles. The van der Waals surface area contributed by atoms with Crippen molar-refractivity contribution in [2.24, 2.45) is 5.92 Å². The molecule has 0 saturated carbocycles. The predicted octanol–water partition coefficient (Wildman–Crippen LogP) is 1.15. The van der Waals surface area contributed by atoms with Crippen LogP contribution in [0.15, 0.2) is 15.1 Å². The predicted molar refractivity (Wildman–Crippen MR) is 76.7 cm³/mol. The van der Waals surface area contributed by atoms with E-state index in [1.807, 2.05) is 0 Å². The smallest absolute Gasteiger partial charge is 0.276 e. The minimum atomic E-state index is -0.0936.